The maximum absolute atomic E-state index is 14.2. The van der Waals surface area contributed by atoms with Gasteiger partial charge in [-0.3, -0.25) is 9.59 Å². The zero-order valence-electron chi connectivity index (χ0n) is 31.9. The summed E-state index contributed by atoms with van der Waals surface area (Å²) in [5.74, 6) is 1.78. The maximum atomic E-state index is 14.2. The van der Waals surface area contributed by atoms with Gasteiger partial charge in [0.15, 0.2) is 11.6 Å². The van der Waals surface area contributed by atoms with Crippen molar-refractivity contribution >= 4 is 35.1 Å². The number of likely N-dealkylation sites (tertiary alicyclic amines) is 2. The average molecular weight is 733 g/mol. The third-order valence-corrected chi connectivity index (χ3v) is 12.1. The van der Waals surface area contributed by atoms with E-state index in [1.807, 2.05) is 77.1 Å². The third-order valence-electron chi connectivity index (χ3n) is 11.1. The molecule has 3 unspecified atom stereocenters. The van der Waals surface area contributed by atoms with Crippen molar-refractivity contribution < 1.29 is 23.6 Å². The predicted molar refractivity (Wildman–Crippen MR) is 203 cm³/mol. The number of ether oxygens (including phenoxy) is 1. The molecule has 0 saturated carbocycles. The first-order chi connectivity index (χ1) is 24.8. The van der Waals surface area contributed by atoms with Crippen LogP contribution in [0.25, 0.3) is 10.4 Å². The Morgan fingerprint density at radius 2 is 1.60 bits per heavy atom. The molecule has 11 nitrogen and oxygen atoms in total. The summed E-state index contributed by atoms with van der Waals surface area (Å²) in [5.41, 5.74) is 4.51. The monoisotopic (exact) mass is 732 g/mol. The van der Waals surface area contributed by atoms with Crippen molar-refractivity contribution in [2.75, 3.05) is 37.6 Å². The Morgan fingerprint density at radius 1 is 0.942 bits per heavy atom. The van der Waals surface area contributed by atoms with E-state index in [4.69, 9.17) is 9.26 Å². The number of nitrogens with zero attached hydrogens (tertiary/aromatic N) is 5. The summed E-state index contributed by atoms with van der Waals surface area (Å²) in [4.78, 5) is 51.7. The second-order valence-electron chi connectivity index (χ2n) is 16.2. The zero-order chi connectivity index (χ0) is 37.2. The number of anilines is 1. The van der Waals surface area contributed by atoms with Gasteiger partial charge >= 0.3 is 6.09 Å². The highest BCUT2D eigenvalue weighted by molar-refractivity contribution is 7.13. The number of aryl methyl sites for hydroxylation is 1. The van der Waals surface area contributed by atoms with Gasteiger partial charge in [-0.25, -0.2) is 9.78 Å². The zero-order valence-corrected chi connectivity index (χ0v) is 32.7. The lowest BCUT2D eigenvalue weighted by Gasteiger charge is -2.40. The minimum atomic E-state index is -0.525. The highest BCUT2D eigenvalue weighted by Crippen LogP contribution is 2.37. The van der Waals surface area contributed by atoms with E-state index in [9.17, 15) is 14.4 Å². The van der Waals surface area contributed by atoms with Crippen LogP contribution in [0.15, 0.2) is 40.4 Å². The number of amides is 3. The molecule has 3 aliphatic heterocycles. The van der Waals surface area contributed by atoms with Crippen LogP contribution >= 0.6 is 11.3 Å². The Balaban J connectivity index is 1.02. The Hall–Kier alpha value is -3.93. The topological polar surface area (TPSA) is 121 Å². The van der Waals surface area contributed by atoms with Gasteiger partial charge in [0.25, 0.3) is 0 Å². The number of hydrogen-bond donors (Lipinski definition) is 1. The smallest absolute Gasteiger partial charge is 0.410 e. The second kappa shape index (κ2) is 16.0. The molecule has 0 aliphatic carbocycles. The number of nitrogens with one attached hydrogen (secondary N) is 1. The molecule has 282 valence electrons. The fourth-order valence-corrected chi connectivity index (χ4v) is 8.98. The number of hydrogen-bond acceptors (Lipinski definition) is 9. The summed E-state index contributed by atoms with van der Waals surface area (Å²) in [6, 6.07) is 9.46. The third kappa shape index (κ3) is 8.64. The molecule has 3 fully saturated rings. The van der Waals surface area contributed by atoms with E-state index < -0.39 is 17.6 Å². The number of carbonyl (C=O) groups is 3. The van der Waals surface area contributed by atoms with Crippen molar-refractivity contribution in [1.29, 1.82) is 0 Å². The first-order valence-electron chi connectivity index (χ1n) is 19.1. The van der Waals surface area contributed by atoms with Gasteiger partial charge in [0.05, 0.1) is 22.1 Å². The quantitative estimate of drug-likeness (QED) is 0.239. The van der Waals surface area contributed by atoms with E-state index >= 15 is 0 Å². The molecule has 52 heavy (non-hydrogen) atoms. The molecule has 3 amide bonds. The lowest BCUT2D eigenvalue weighted by atomic mass is 9.79. The lowest BCUT2D eigenvalue weighted by molar-refractivity contribution is -0.141. The molecular weight excluding hydrogens is 677 g/mol. The molecule has 3 atom stereocenters. The van der Waals surface area contributed by atoms with Crippen LogP contribution in [0.4, 0.5) is 10.6 Å². The van der Waals surface area contributed by atoms with Crippen molar-refractivity contribution in [3.63, 3.8) is 0 Å². The van der Waals surface area contributed by atoms with Gasteiger partial charge in [-0.2, -0.15) is 0 Å². The number of aromatic nitrogens is 2. The van der Waals surface area contributed by atoms with Gasteiger partial charge in [0.2, 0.25) is 11.8 Å². The van der Waals surface area contributed by atoms with Crippen LogP contribution in [0, 0.1) is 24.7 Å². The summed E-state index contributed by atoms with van der Waals surface area (Å²) in [7, 11) is 0. The summed E-state index contributed by atoms with van der Waals surface area (Å²) in [5, 5.41) is 7.62. The van der Waals surface area contributed by atoms with E-state index in [1.54, 1.807) is 16.2 Å². The minimum Gasteiger partial charge on any atom is -0.444 e. The normalized spacial score (nSPS) is 20.3. The first kappa shape index (κ1) is 37.8. The standard InChI is InChI=1S/C40H56N6O5S/c1-25(2)35(33-23-34(43-51-33)44-19-14-29(15-20-44)30-16-21-45(22-17-30)39(49)50-40(5,6)7)38(48)46-18-8-9-32(46)37(47)42-26(3)28-10-12-31(13-11-28)36-27(4)41-24-52-36/h10-13,23-26,29-30,32,35H,8-9,14-22H2,1-7H3,(H,42,47). The summed E-state index contributed by atoms with van der Waals surface area (Å²) in [6.45, 7) is 17.6. The van der Waals surface area contributed by atoms with Gasteiger partial charge in [0.1, 0.15) is 17.6 Å². The Kier molecular flexibility index (Phi) is 11.6. The number of thiazole rings is 1. The molecule has 6 rings (SSSR count). The van der Waals surface area contributed by atoms with Crippen molar-refractivity contribution in [2.45, 2.75) is 111 Å². The Morgan fingerprint density at radius 3 is 2.19 bits per heavy atom. The van der Waals surface area contributed by atoms with Crippen LogP contribution in [-0.4, -0.2) is 82.2 Å². The largest absolute Gasteiger partial charge is 0.444 e. The van der Waals surface area contributed by atoms with Crippen molar-refractivity contribution in [2.24, 2.45) is 17.8 Å². The van der Waals surface area contributed by atoms with Gasteiger partial charge in [-0.1, -0.05) is 43.3 Å². The van der Waals surface area contributed by atoms with E-state index in [2.05, 4.69) is 32.5 Å². The number of carbonyl (C=O) groups excluding carboxylic acids is 3. The molecule has 3 saturated heterocycles. The fourth-order valence-electron chi connectivity index (χ4n) is 8.17. The molecule has 0 radical (unpaired) electrons. The van der Waals surface area contributed by atoms with Crippen LogP contribution in [0.3, 0.4) is 0 Å². The molecular formula is C40H56N6O5S. The second-order valence-corrected chi connectivity index (χ2v) is 17.1. The average Bonchev–Trinajstić information content (AvgIpc) is 3.89. The molecule has 3 aliphatic rings. The minimum absolute atomic E-state index is 0.0329. The van der Waals surface area contributed by atoms with Crippen LogP contribution in [0.1, 0.15) is 109 Å². The van der Waals surface area contributed by atoms with E-state index in [1.165, 1.54) is 0 Å². The van der Waals surface area contributed by atoms with Crippen molar-refractivity contribution in [3.05, 3.63) is 52.9 Å². The highest BCUT2D eigenvalue weighted by atomic mass is 32.1. The first-order valence-corrected chi connectivity index (χ1v) is 20.0. The van der Waals surface area contributed by atoms with Crippen LogP contribution in [-0.2, 0) is 14.3 Å². The predicted octanol–water partition coefficient (Wildman–Crippen LogP) is 7.58. The van der Waals surface area contributed by atoms with E-state index in [-0.39, 0.29) is 29.9 Å². The molecule has 0 spiro atoms. The molecule has 12 heteroatoms. The van der Waals surface area contributed by atoms with Crippen molar-refractivity contribution in [3.8, 4) is 10.4 Å². The number of rotatable bonds is 9. The summed E-state index contributed by atoms with van der Waals surface area (Å²) < 4.78 is 11.5. The molecule has 1 aromatic carbocycles. The van der Waals surface area contributed by atoms with Gasteiger partial charge in [0, 0.05) is 38.8 Å². The van der Waals surface area contributed by atoms with Gasteiger partial charge in [-0.15, -0.1) is 11.3 Å². The lowest BCUT2D eigenvalue weighted by Crippen LogP contribution is -2.48. The van der Waals surface area contributed by atoms with Crippen LogP contribution in [0.5, 0.6) is 0 Å². The molecule has 1 N–H and O–H groups in total. The van der Waals surface area contributed by atoms with Gasteiger partial charge in [-0.05, 0) is 102 Å². The number of piperidine rings is 2. The van der Waals surface area contributed by atoms with E-state index in [0.29, 0.717) is 30.6 Å². The summed E-state index contributed by atoms with van der Waals surface area (Å²) >= 11 is 1.62. The van der Waals surface area contributed by atoms with E-state index in [0.717, 1.165) is 85.8 Å². The highest BCUT2D eigenvalue weighted by Gasteiger charge is 2.41. The molecule has 0 bridgehead atoms. The van der Waals surface area contributed by atoms with Crippen LogP contribution in [0.2, 0.25) is 0 Å². The SMILES string of the molecule is Cc1ncsc1-c1ccc(C(C)NC(=O)C2CCCN2C(=O)C(c2cc(N3CCC(C4CCN(C(=O)OC(C)(C)C)CC4)CC3)no2)C(C)C)cc1. The van der Waals surface area contributed by atoms with Crippen LogP contribution < -0.4 is 10.2 Å². The fraction of sp³-hybridized carbons (Fsp3) is 0.625. The molecule has 3 aromatic rings. The van der Waals surface area contributed by atoms with Gasteiger partial charge < -0.3 is 29.3 Å². The molecule has 2 aromatic heterocycles. The summed E-state index contributed by atoms with van der Waals surface area (Å²) in [6.07, 6.45) is 5.34. The number of benzene rings is 1. The van der Waals surface area contributed by atoms with Crippen molar-refractivity contribution in [1.82, 2.24) is 25.3 Å². The maximum Gasteiger partial charge on any atom is 0.410 e. The Labute approximate surface area is 312 Å². The molecule has 5 heterocycles. The Bertz CT molecular complexity index is 1680.